The Labute approximate surface area is 126 Å². The quantitative estimate of drug-likeness (QED) is 0.868. The second-order valence-electron chi connectivity index (χ2n) is 5.82. The van der Waals surface area contributed by atoms with Crippen molar-refractivity contribution in [3.63, 3.8) is 0 Å². The molecule has 1 aliphatic heterocycles. The van der Waals surface area contributed by atoms with Gasteiger partial charge in [0, 0.05) is 6.04 Å². The number of rotatable bonds is 6. The number of halogens is 1. The number of hydrogen-bond donors (Lipinski definition) is 1. The van der Waals surface area contributed by atoms with E-state index in [9.17, 15) is 9.18 Å². The first-order valence-corrected chi connectivity index (χ1v) is 7.92. The minimum atomic E-state index is -0.261. The van der Waals surface area contributed by atoms with Gasteiger partial charge in [0.2, 0.25) is 5.91 Å². The molecule has 0 aliphatic carbocycles. The molecule has 116 valence electrons. The Hall–Kier alpha value is -1.42. The SMILES string of the molecule is CCCCC(C)N1C(=O)C(CC)NC1c1cccc(F)c1. The standard InChI is InChI=1S/C17H25FN2O/c1-4-6-8-12(3)20-16(19-15(5-2)17(20)21)13-9-7-10-14(18)11-13/h7,9-12,15-16,19H,4-6,8H2,1-3H3. The summed E-state index contributed by atoms with van der Waals surface area (Å²) in [5.41, 5.74) is 0.822. The van der Waals surface area contributed by atoms with Gasteiger partial charge in [-0.1, -0.05) is 38.8 Å². The maximum Gasteiger partial charge on any atom is 0.241 e. The van der Waals surface area contributed by atoms with Gasteiger partial charge in [-0.25, -0.2) is 4.39 Å². The van der Waals surface area contributed by atoms with Gasteiger partial charge in [-0.05, 0) is 37.5 Å². The molecule has 0 spiro atoms. The maximum absolute atomic E-state index is 13.5. The van der Waals surface area contributed by atoms with Crippen molar-refractivity contribution in [3.8, 4) is 0 Å². The van der Waals surface area contributed by atoms with Crippen LogP contribution in [0.1, 0.15) is 58.2 Å². The first kappa shape index (κ1) is 16.0. The van der Waals surface area contributed by atoms with Crippen molar-refractivity contribution in [1.82, 2.24) is 10.2 Å². The van der Waals surface area contributed by atoms with E-state index in [-0.39, 0.29) is 30.0 Å². The van der Waals surface area contributed by atoms with Crippen molar-refractivity contribution >= 4 is 5.91 Å². The summed E-state index contributed by atoms with van der Waals surface area (Å²) in [6.45, 7) is 6.23. The van der Waals surface area contributed by atoms with Crippen LogP contribution in [0, 0.1) is 5.82 Å². The Balaban J connectivity index is 2.26. The third-order valence-electron chi connectivity index (χ3n) is 4.21. The van der Waals surface area contributed by atoms with E-state index in [1.807, 2.05) is 17.9 Å². The van der Waals surface area contributed by atoms with E-state index < -0.39 is 0 Å². The Morgan fingerprint density at radius 3 is 2.76 bits per heavy atom. The molecule has 0 radical (unpaired) electrons. The van der Waals surface area contributed by atoms with E-state index in [1.54, 1.807) is 6.07 Å². The number of nitrogens with one attached hydrogen (secondary N) is 1. The van der Waals surface area contributed by atoms with Crippen molar-refractivity contribution in [2.45, 2.75) is 64.7 Å². The number of amides is 1. The fourth-order valence-electron chi connectivity index (χ4n) is 2.99. The third-order valence-corrected chi connectivity index (χ3v) is 4.21. The van der Waals surface area contributed by atoms with Crippen LogP contribution < -0.4 is 5.32 Å². The Morgan fingerprint density at radius 1 is 1.38 bits per heavy atom. The summed E-state index contributed by atoms with van der Waals surface area (Å²) in [7, 11) is 0. The predicted molar refractivity (Wildman–Crippen MR) is 82.2 cm³/mol. The highest BCUT2D eigenvalue weighted by molar-refractivity contribution is 5.84. The highest BCUT2D eigenvalue weighted by atomic mass is 19.1. The lowest BCUT2D eigenvalue weighted by molar-refractivity contribution is -0.132. The molecule has 3 nitrogen and oxygen atoms in total. The number of carbonyl (C=O) groups is 1. The molecular weight excluding hydrogens is 267 g/mol. The van der Waals surface area contributed by atoms with Crippen molar-refractivity contribution in [2.24, 2.45) is 0 Å². The molecule has 2 rings (SSSR count). The molecule has 3 unspecified atom stereocenters. The van der Waals surface area contributed by atoms with Crippen LogP contribution >= 0.6 is 0 Å². The molecule has 3 atom stereocenters. The lowest BCUT2D eigenvalue weighted by Gasteiger charge is -2.30. The minimum Gasteiger partial charge on any atom is -0.319 e. The van der Waals surface area contributed by atoms with Crippen LogP contribution in [0.3, 0.4) is 0 Å². The van der Waals surface area contributed by atoms with Gasteiger partial charge in [-0.3, -0.25) is 10.1 Å². The highest BCUT2D eigenvalue weighted by Gasteiger charge is 2.40. The van der Waals surface area contributed by atoms with Gasteiger partial charge in [0.05, 0.1) is 6.04 Å². The average molecular weight is 292 g/mol. The summed E-state index contributed by atoms with van der Waals surface area (Å²) in [6.07, 6.45) is 3.72. The van der Waals surface area contributed by atoms with Crippen LogP contribution in [0.25, 0.3) is 0 Å². The highest BCUT2D eigenvalue weighted by Crippen LogP contribution is 2.30. The largest absolute Gasteiger partial charge is 0.319 e. The van der Waals surface area contributed by atoms with Crippen LogP contribution in [0.5, 0.6) is 0 Å². The van der Waals surface area contributed by atoms with Crippen molar-refractivity contribution < 1.29 is 9.18 Å². The molecule has 1 N–H and O–H groups in total. The van der Waals surface area contributed by atoms with E-state index in [1.165, 1.54) is 12.1 Å². The zero-order valence-electron chi connectivity index (χ0n) is 13.1. The lowest BCUT2D eigenvalue weighted by Crippen LogP contribution is -2.38. The Bertz CT molecular complexity index is 491. The van der Waals surface area contributed by atoms with E-state index in [0.29, 0.717) is 0 Å². The van der Waals surface area contributed by atoms with Gasteiger partial charge < -0.3 is 4.90 Å². The number of hydrogen-bond acceptors (Lipinski definition) is 2. The second-order valence-corrected chi connectivity index (χ2v) is 5.82. The number of benzene rings is 1. The Morgan fingerprint density at radius 2 is 2.14 bits per heavy atom. The van der Waals surface area contributed by atoms with Gasteiger partial charge in [-0.2, -0.15) is 0 Å². The molecule has 0 saturated carbocycles. The van der Waals surface area contributed by atoms with Crippen LogP contribution in [0.15, 0.2) is 24.3 Å². The minimum absolute atomic E-state index is 0.135. The molecule has 1 amide bonds. The number of unbranched alkanes of at least 4 members (excludes halogenated alkanes) is 1. The summed E-state index contributed by atoms with van der Waals surface area (Å²) in [5.74, 6) is -0.127. The maximum atomic E-state index is 13.5. The van der Waals surface area contributed by atoms with Crippen LogP contribution in [-0.4, -0.2) is 22.9 Å². The van der Waals surface area contributed by atoms with Gasteiger partial charge in [0.1, 0.15) is 12.0 Å². The fourth-order valence-corrected chi connectivity index (χ4v) is 2.99. The van der Waals surface area contributed by atoms with Gasteiger partial charge in [0.25, 0.3) is 0 Å². The molecule has 1 saturated heterocycles. The van der Waals surface area contributed by atoms with Crippen LogP contribution in [-0.2, 0) is 4.79 Å². The van der Waals surface area contributed by atoms with E-state index >= 15 is 0 Å². The third kappa shape index (κ3) is 3.43. The predicted octanol–water partition coefficient (Wildman–Crippen LogP) is 3.61. The van der Waals surface area contributed by atoms with Crippen LogP contribution in [0.2, 0.25) is 0 Å². The monoisotopic (exact) mass is 292 g/mol. The molecular formula is C17H25FN2O. The van der Waals surface area contributed by atoms with E-state index in [2.05, 4.69) is 19.2 Å². The molecule has 0 aromatic heterocycles. The molecule has 1 aromatic carbocycles. The normalized spacial score (nSPS) is 23.6. The summed E-state index contributed by atoms with van der Waals surface area (Å²) in [4.78, 5) is 14.5. The topological polar surface area (TPSA) is 32.3 Å². The van der Waals surface area contributed by atoms with Crippen molar-refractivity contribution in [3.05, 3.63) is 35.6 Å². The zero-order valence-corrected chi connectivity index (χ0v) is 13.1. The summed E-state index contributed by atoms with van der Waals surface area (Å²) in [6, 6.07) is 6.53. The Kier molecular flexibility index (Phi) is 5.34. The van der Waals surface area contributed by atoms with Gasteiger partial charge in [0.15, 0.2) is 0 Å². The molecule has 1 heterocycles. The summed E-state index contributed by atoms with van der Waals surface area (Å²) < 4.78 is 13.5. The molecule has 4 heteroatoms. The first-order chi connectivity index (χ1) is 10.1. The van der Waals surface area contributed by atoms with Crippen molar-refractivity contribution in [1.29, 1.82) is 0 Å². The van der Waals surface area contributed by atoms with Crippen molar-refractivity contribution in [2.75, 3.05) is 0 Å². The summed E-state index contributed by atoms with van der Waals surface area (Å²) in [5, 5.41) is 3.35. The van der Waals surface area contributed by atoms with E-state index in [4.69, 9.17) is 0 Å². The molecule has 21 heavy (non-hydrogen) atoms. The lowest BCUT2D eigenvalue weighted by atomic mass is 10.1. The zero-order chi connectivity index (χ0) is 15.4. The smallest absolute Gasteiger partial charge is 0.241 e. The van der Waals surface area contributed by atoms with Gasteiger partial charge in [-0.15, -0.1) is 0 Å². The number of nitrogens with zero attached hydrogens (tertiary/aromatic N) is 1. The van der Waals surface area contributed by atoms with E-state index in [0.717, 1.165) is 31.2 Å². The summed E-state index contributed by atoms with van der Waals surface area (Å²) >= 11 is 0. The second kappa shape index (κ2) is 7.03. The van der Waals surface area contributed by atoms with Crippen LogP contribution in [0.4, 0.5) is 4.39 Å². The first-order valence-electron chi connectivity index (χ1n) is 7.92. The molecule has 1 aromatic rings. The van der Waals surface area contributed by atoms with Gasteiger partial charge >= 0.3 is 0 Å². The number of carbonyl (C=O) groups excluding carboxylic acids is 1. The average Bonchev–Trinajstić information content (AvgIpc) is 2.81. The fraction of sp³-hybridized carbons (Fsp3) is 0.588. The molecule has 1 fully saturated rings. The molecule has 1 aliphatic rings. The molecule has 0 bridgehead atoms.